The number of fused-ring (bicyclic) bond motifs is 1. The van der Waals surface area contributed by atoms with Gasteiger partial charge in [0.1, 0.15) is 25.3 Å². The molecule has 322 valence electrons. The van der Waals surface area contributed by atoms with Gasteiger partial charge in [0.25, 0.3) is 0 Å². The highest BCUT2D eigenvalue weighted by atomic mass is 16.6. The first kappa shape index (κ1) is 47.9. The third-order valence-corrected chi connectivity index (χ3v) is 11.4. The summed E-state index contributed by atoms with van der Waals surface area (Å²) in [6.45, 7) is 7.59. The van der Waals surface area contributed by atoms with Crippen LogP contribution in [0.25, 0.3) is 0 Å². The Morgan fingerprint density at radius 3 is 1.86 bits per heavy atom. The topological polar surface area (TPSA) is 138 Å². The highest BCUT2D eigenvalue weighted by molar-refractivity contribution is 5.89. The summed E-state index contributed by atoms with van der Waals surface area (Å²) in [5, 5.41) is 3.23. The molecule has 1 heterocycles. The predicted molar refractivity (Wildman–Crippen MR) is 221 cm³/mol. The van der Waals surface area contributed by atoms with Crippen molar-refractivity contribution in [1.82, 2.24) is 10.2 Å². The number of nitrogens with one attached hydrogen (secondary N) is 1. The van der Waals surface area contributed by atoms with Crippen LogP contribution < -0.4 is 5.32 Å². The second-order valence-corrected chi connectivity index (χ2v) is 16.1. The molecule has 0 unspecified atom stereocenters. The Labute approximate surface area is 343 Å². The minimum atomic E-state index is -1.01. The second kappa shape index (κ2) is 28.0. The molecule has 1 amide bonds. The maximum absolute atomic E-state index is 14.3. The molecule has 0 spiro atoms. The Kier molecular flexibility index (Phi) is 23.6. The molecule has 11 nitrogen and oxygen atoms in total. The van der Waals surface area contributed by atoms with Gasteiger partial charge in [-0.15, -0.1) is 0 Å². The number of benzene rings is 1. The van der Waals surface area contributed by atoms with Crippen LogP contribution in [0.5, 0.6) is 0 Å². The Hall–Kier alpha value is -3.47. The van der Waals surface area contributed by atoms with Crippen molar-refractivity contribution in [3.8, 4) is 0 Å². The third kappa shape index (κ3) is 17.9. The van der Waals surface area contributed by atoms with Gasteiger partial charge in [-0.2, -0.15) is 0 Å². The van der Waals surface area contributed by atoms with E-state index in [9.17, 15) is 24.0 Å². The maximum atomic E-state index is 14.3. The molecule has 1 saturated heterocycles. The summed E-state index contributed by atoms with van der Waals surface area (Å²) in [4.78, 5) is 68.4. The highest BCUT2D eigenvalue weighted by Gasteiger charge is 2.50. The first-order valence-electron chi connectivity index (χ1n) is 22.5. The van der Waals surface area contributed by atoms with Crippen LogP contribution in [0.1, 0.15) is 168 Å². The van der Waals surface area contributed by atoms with Crippen LogP contribution in [0.2, 0.25) is 0 Å². The predicted octanol–water partition coefficient (Wildman–Crippen LogP) is 8.58. The van der Waals surface area contributed by atoms with Crippen LogP contribution in [-0.4, -0.2) is 84.8 Å². The van der Waals surface area contributed by atoms with E-state index in [0.717, 1.165) is 76.2 Å². The minimum absolute atomic E-state index is 0.122. The molecule has 1 aromatic rings. The number of carbonyl (C=O) groups is 5. The van der Waals surface area contributed by atoms with Crippen molar-refractivity contribution in [3.63, 3.8) is 0 Å². The number of esters is 4. The Bertz CT molecular complexity index is 1290. The van der Waals surface area contributed by atoms with Crippen LogP contribution in [0.15, 0.2) is 30.3 Å². The van der Waals surface area contributed by atoms with E-state index < -0.39 is 36.2 Å². The van der Waals surface area contributed by atoms with Gasteiger partial charge in [-0.25, -0.2) is 4.79 Å². The van der Waals surface area contributed by atoms with Crippen LogP contribution in [-0.2, 0) is 49.3 Å². The van der Waals surface area contributed by atoms with Crippen LogP contribution >= 0.6 is 0 Å². The van der Waals surface area contributed by atoms with E-state index in [1.807, 2.05) is 30.3 Å². The van der Waals surface area contributed by atoms with E-state index in [1.54, 1.807) is 18.7 Å². The molecule has 57 heavy (non-hydrogen) atoms. The lowest BCUT2D eigenvalue weighted by Gasteiger charge is -2.33. The molecular weight excluding hydrogens is 725 g/mol. The fraction of sp³-hybridized carbons (Fsp3) is 0.761. The van der Waals surface area contributed by atoms with Gasteiger partial charge in [-0.1, -0.05) is 128 Å². The van der Waals surface area contributed by atoms with Gasteiger partial charge in [0, 0.05) is 18.9 Å². The quantitative estimate of drug-likeness (QED) is 0.0458. The lowest BCUT2D eigenvalue weighted by atomic mass is 10.0. The zero-order chi connectivity index (χ0) is 41.3. The van der Waals surface area contributed by atoms with Gasteiger partial charge >= 0.3 is 23.9 Å². The lowest BCUT2D eigenvalue weighted by molar-refractivity contribution is -0.171. The van der Waals surface area contributed by atoms with Crippen molar-refractivity contribution in [2.24, 2.45) is 5.92 Å². The maximum Gasteiger partial charge on any atom is 0.329 e. The summed E-state index contributed by atoms with van der Waals surface area (Å²) >= 11 is 0. The number of unbranched alkanes of at least 4 members (excludes halogenated alkanes) is 12. The molecule has 1 aromatic carbocycles. The fourth-order valence-corrected chi connectivity index (χ4v) is 8.21. The number of hydrogen-bond acceptors (Lipinski definition) is 10. The van der Waals surface area contributed by atoms with E-state index in [2.05, 4.69) is 19.2 Å². The summed E-state index contributed by atoms with van der Waals surface area (Å²) in [5.41, 5.74) is 1.07. The standard InChI is InChI=1S/C46H74N2O9/c1-5-8-10-12-14-16-21-28-42(49)55-33-38(34-56-43(50)29-22-17-15-13-11-9-6-2)57-46(53)41-32-37-26-23-27-40(37)48(41)44(51)35(4)47-39(45(52)54-7-3)31-30-36-24-19-18-20-25-36/h18-20,24-25,35,37-41,47H,5-17,21-23,26-34H2,1-4H3/t35-,37-,39-,40-,41-/m0/s1. The monoisotopic (exact) mass is 799 g/mol. The molecule has 11 heteroatoms. The van der Waals surface area contributed by atoms with Gasteiger partial charge in [-0.05, 0) is 70.3 Å². The first-order chi connectivity index (χ1) is 27.7. The number of hydrogen-bond donors (Lipinski definition) is 1. The van der Waals surface area contributed by atoms with Crippen molar-refractivity contribution in [2.75, 3.05) is 19.8 Å². The molecule has 1 aliphatic heterocycles. The van der Waals surface area contributed by atoms with Gasteiger partial charge in [0.2, 0.25) is 5.91 Å². The van der Waals surface area contributed by atoms with E-state index in [4.69, 9.17) is 18.9 Å². The summed E-state index contributed by atoms with van der Waals surface area (Å²) < 4.78 is 22.5. The average molecular weight is 799 g/mol. The highest BCUT2D eigenvalue weighted by Crippen LogP contribution is 2.42. The summed E-state index contributed by atoms with van der Waals surface area (Å²) in [6, 6.07) is 7.38. The Morgan fingerprint density at radius 2 is 1.30 bits per heavy atom. The smallest absolute Gasteiger partial charge is 0.329 e. The van der Waals surface area contributed by atoms with Gasteiger partial charge in [0.15, 0.2) is 6.10 Å². The van der Waals surface area contributed by atoms with Crippen molar-refractivity contribution < 1.29 is 42.9 Å². The third-order valence-electron chi connectivity index (χ3n) is 11.4. The molecular formula is C46H74N2O9. The zero-order valence-electron chi connectivity index (χ0n) is 35.6. The van der Waals surface area contributed by atoms with Crippen LogP contribution in [0.4, 0.5) is 0 Å². The second-order valence-electron chi connectivity index (χ2n) is 16.1. The normalized spacial score (nSPS) is 18.5. The first-order valence-corrected chi connectivity index (χ1v) is 22.5. The molecule has 0 bridgehead atoms. The number of likely N-dealkylation sites (tertiary alicyclic amines) is 1. The van der Waals surface area contributed by atoms with Gasteiger partial charge in [0.05, 0.1) is 12.6 Å². The van der Waals surface area contributed by atoms with Gasteiger partial charge in [-0.3, -0.25) is 24.5 Å². The number of amides is 1. The Balaban J connectivity index is 1.64. The molecule has 2 aliphatic rings. The largest absolute Gasteiger partial charge is 0.465 e. The minimum Gasteiger partial charge on any atom is -0.465 e. The molecule has 0 radical (unpaired) electrons. The summed E-state index contributed by atoms with van der Waals surface area (Å²) in [6.07, 6.45) is 18.7. The van der Waals surface area contributed by atoms with Crippen molar-refractivity contribution >= 4 is 29.8 Å². The molecule has 5 atom stereocenters. The van der Waals surface area contributed by atoms with E-state index in [1.165, 1.54) is 38.5 Å². The molecule has 0 aromatic heterocycles. The molecule has 2 fully saturated rings. The van der Waals surface area contributed by atoms with Crippen LogP contribution in [0.3, 0.4) is 0 Å². The number of ether oxygens (including phenoxy) is 4. The van der Waals surface area contributed by atoms with Gasteiger partial charge < -0.3 is 23.8 Å². The number of carbonyl (C=O) groups excluding carboxylic acids is 5. The number of rotatable bonds is 30. The Morgan fingerprint density at radius 1 is 0.737 bits per heavy atom. The molecule has 1 N–H and O–H groups in total. The average Bonchev–Trinajstić information content (AvgIpc) is 3.82. The zero-order valence-corrected chi connectivity index (χ0v) is 35.6. The van der Waals surface area contributed by atoms with Crippen molar-refractivity contribution in [2.45, 2.75) is 199 Å². The summed E-state index contributed by atoms with van der Waals surface area (Å²) in [7, 11) is 0. The van der Waals surface area contributed by atoms with Crippen molar-refractivity contribution in [3.05, 3.63) is 35.9 Å². The van der Waals surface area contributed by atoms with E-state index >= 15 is 0 Å². The van der Waals surface area contributed by atoms with E-state index in [-0.39, 0.29) is 62.5 Å². The lowest BCUT2D eigenvalue weighted by Crippen LogP contribution is -2.55. The molecule has 1 saturated carbocycles. The SMILES string of the molecule is CCCCCCCCCC(=O)OCC(COC(=O)CCCCCCCCC)OC(=O)[C@@H]1C[C@@H]2CCC[C@@H]2N1C(=O)[C@H](C)N[C@@H](CCc1ccccc1)C(=O)OCC. The van der Waals surface area contributed by atoms with Crippen LogP contribution in [0, 0.1) is 5.92 Å². The van der Waals surface area contributed by atoms with E-state index in [0.29, 0.717) is 19.3 Å². The molecule has 1 aliphatic carbocycles. The van der Waals surface area contributed by atoms with Crippen molar-refractivity contribution in [1.29, 1.82) is 0 Å². The summed E-state index contributed by atoms with van der Waals surface area (Å²) in [5.74, 6) is -1.92. The number of aryl methyl sites for hydroxylation is 1. The molecule has 3 rings (SSSR count). The number of nitrogens with zero attached hydrogens (tertiary/aromatic N) is 1. The fourth-order valence-electron chi connectivity index (χ4n) is 8.21.